The van der Waals surface area contributed by atoms with E-state index in [-0.39, 0.29) is 0 Å². The Labute approximate surface area is 84.8 Å². The molecule has 1 saturated heterocycles. The number of epoxide rings is 1. The molecular formula is C9H8BrClO. The number of hydrogen-bond donors (Lipinski definition) is 0. The minimum atomic E-state index is 0.315. The van der Waals surface area contributed by atoms with Crippen molar-refractivity contribution in [2.45, 2.75) is 10.9 Å². The molecule has 0 amide bonds. The Kier molecular flexibility index (Phi) is 2.40. The first-order valence-corrected chi connectivity index (χ1v) is 5.08. The van der Waals surface area contributed by atoms with Crippen molar-refractivity contribution in [2.75, 3.05) is 6.61 Å². The van der Waals surface area contributed by atoms with Crippen molar-refractivity contribution in [1.29, 1.82) is 0 Å². The third-order valence-electron chi connectivity index (χ3n) is 1.87. The molecule has 1 aliphatic rings. The van der Waals surface area contributed by atoms with Gasteiger partial charge in [-0.15, -0.1) is 0 Å². The van der Waals surface area contributed by atoms with Gasteiger partial charge in [0.25, 0.3) is 0 Å². The summed E-state index contributed by atoms with van der Waals surface area (Å²) in [6, 6.07) is 7.83. The maximum Gasteiger partial charge on any atom is 0.0975 e. The summed E-state index contributed by atoms with van der Waals surface area (Å²) < 4.78 is 5.18. The fraction of sp³-hybridized carbons (Fsp3) is 0.333. The fourth-order valence-electron chi connectivity index (χ4n) is 1.09. The lowest BCUT2D eigenvalue weighted by atomic mass is 10.1. The van der Waals surface area contributed by atoms with E-state index in [0.29, 0.717) is 10.9 Å². The van der Waals surface area contributed by atoms with Crippen molar-refractivity contribution < 1.29 is 4.74 Å². The summed E-state index contributed by atoms with van der Waals surface area (Å²) in [5.74, 6) is 0. The Hall–Kier alpha value is -0.0500. The second kappa shape index (κ2) is 3.36. The van der Waals surface area contributed by atoms with E-state index >= 15 is 0 Å². The number of halogens is 2. The highest BCUT2D eigenvalue weighted by molar-refractivity contribution is 9.09. The summed E-state index contributed by atoms with van der Waals surface area (Å²) in [5.41, 5.74) is 1.22. The van der Waals surface area contributed by atoms with E-state index in [0.717, 1.165) is 11.6 Å². The largest absolute Gasteiger partial charge is 0.372 e. The van der Waals surface area contributed by atoms with E-state index in [9.17, 15) is 0 Å². The van der Waals surface area contributed by atoms with Crippen LogP contribution in [0.1, 0.15) is 10.4 Å². The molecule has 2 atom stereocenters. The van der Waals surface area contributed by atoms with E-state index < -0.39 is 0 Å². The van der Waals surface area contributed by atoms with E-state index in [1.165, 1.54) is 5.56 Å². The van der Waals surface area contributed by atoms with Crippen LogP contribution >= 0.6 is 27.5 Å². The molecule has 1 aliphatic heterocycles. The van der Waals surface area contributed by atoms with E-state index in [2.05, 4.69) is 15.9 Å². The van der Waals surface area contributed by atoms with Crippen molar-refractivity contribution in [3.63, 3.8) is 0 Å². The third-order valence-corrected chi connectivity index (χ3v) is 3.24. The van der Waals surface area contributed by atoms with Crippen LogP contribution in [0.3, 0.4) is 0 Å². The summed E-state index contributed by atoms with van der Waals surface area (Å²) in [4.78, 5) is 0.315. The molecule has 0 spiro atoms. The lowest BCUT2D eigenvalue weighted by Gasteiger charge is -2.05. The summed E-state index contributed by atoms with van der Waals surface area (Å²) in [7, 11) is 0. The number of benzene rings is 1. The van der Waals surface area contributed by atoms with E-state index in [4.69, 9.17) is 16.3 Å². The van der Waals surface area contributed by atoms with Crippen LogP contribution in [0.15, 0.2) is 24.3 Å². The van der Waals surface area contributed by atoms with Gasteiger partial charge in [-0.1, -0.05) is 39.7 Å². The van der Waals surface area contributed by atoms with E-state index in [1.54, 1.807) is 0 Å². The highest BCUT2D eigenvalue weighted by atomic mass is 79.9. The van der Waals surface area contributed by atoms with Crippen molar-refractivity contribution in [3.05, 3.63) is 34.9 Å². The lowest BCUT2D eigenvalue weighted by molar-refractivity contribution is 0.406. The summed E-state index contributed by atoms with van der Waals surface area (Å²) in [6.07, 6.45) is 0.353. The lowest BCUT2D eigenvalue weighted by Crippen LogP contribution is -1.96. The molecule has 1 fully saturated rings. The van der Waals surface area contributed by atoms with Crippen LogP contribution in [0.25, 0.3) is 0 Å². The zero-order chi connectivity index (χ0) is 8.55. The average Bonchev–Trinajstić information content (AvgIpc) is 2.87. The normalized spacial score (nSPS) is 23.7. The first kappa shape index (κ1) is 8.54. The molecule has 0 saturated carbocycles. The zero-order valence-electron chi connectivity index (χ0n) is 6.34. The van der Waals surface area contributed by atoms with Crippen LogP contribution < -0.4 is 0 Å². The first-order valence-electron chi connectivity index (χ1n) is 3.78. The van der Waals surface area contributed by atoms with Crippen LogP contribution in [-0.2, 0) is 4.74 Å². The Morgan fingerprint density at radius 1 is 1.42 bits per heavy atom. The van der Waals surface area contributed by atoms with Gasteiger partial charge in [0.15, 0.2) is 0 Å². The predicted octanol–water partition coefficient (Wildman–Crippen LogP) is 3.17. The fourth-order valence-corrected chi connectivity index (χ4v) is 1.82. The summed E-state index contributed by atoms with van der Waals surface area (Å²) in [6.45, 7) is 0.860. The molecule has 2 unspecified atom stereocenters. The SMILES string of the molecule is Clc1ccc(C(Br)C2CO2)cc1. The van der Waals surface area contributed by atoms with Crippen LogP contribution in [0, 0.1) is 0 Å². The molecule has 3 heteroatoms. The van der Waals surface area contributed by atoms with Gasteiger partial charge in [0.2, 0.25) is 0 Å². The summed E-state index contributed by atoms with van der Waals surface area (Å²) >= 11 is 9.33. The Morgan fingerprint density at radius 3 is 2.50 bits per heavy atom. The van der Waals surface area contributed by atoms with Crippen LogP contribution in [0.4, 0.5) is 0 Å². The van der Waals surface area contributed by atoms with Gasteiger partial charge in [0.05, 0.1) is 17.5 Å². The quantitative estimate of drug-likeness (QED) is 0.578. The smallest absolute Gasteiger partial charge is 0.0975 e. The molecule has 2 rings (SSSR count). The van der Waals surface area contributed by atoms with Crippen LogP contribution in [-0.4, -0.2) is 12.7 Å². The number of hydrogen-bond acceptors (Lipinski definition) is 1. The molecular weight excluding hydrogens is 239 g/mol. The van der Waals surface area contributed by atoms with Gasteiger partial charge in [0.1, 0.15) is 0 Å². The Morgan fingerprint density at radius 2 is 2.00 bits per heavy atom. The molecule has 1 aromatic carbocycles. The molecule has 1 nitrogen and oxygen atoms in total. The van der Waals surface area contributed by atoms with E-state index in [1.807, 2.05) is 24.3 Å². The van der Waals surface area contributed by atoms with Gasteiger partial charge in [-0.2, -0.15) is 0 Å². The monoisotopic (exact) mass is 246 g/mol. The van der Waals surface area contributed by atoms with Crippen LogP contribution in [0.2, 0.25) is 5.02 Å². The maximum absolute atomic E-state index is 5.76. The first-order chi connectivity index (χ1) is 5.77. The van der Waals surface area contributed by atoms with Crippen molar-refractivity contribution in [2.24, 2.45) is 0 Å². The van der Waals surface area contributed by atoms with Gasteiger partial charge >= 0.3 is 0 Å². The molecule has 12 heavy (non-hydrogen) atoms. The highest BCUT2D eigenvalue weighted by Gasteiger charge is 2.31. The maximum atomic E-state index is 5.76. The Balaban J connectivity index is 2.16. The molecule has 1 heterocycles. The minimum absolute atomic E-state index is 0.315. The van der Waals surface area contributed by atoms with Gasteiger partial charge in [-0.3, -0.25) is 0 Å². The average molecular weight is 248 g/mol. The number of ether oxygens (including phenoxy) is 1. The molecule has 0 bridgehead atoms. The topological polar surface area (TPSA) is 12.5 Å². The van der Waals surface area contributed by atoms with Crippen molar-refractivity contribution in [3.8, 4) is 0 Å². The standard InChI is InChI=1S/C9H8BrClO/c10-9(8-5-12-8)6-1-3-7(11)4-2-6/h1-4,8-9H,5H2. The Bertz CT molecular complexity index is 268. The summed E-state index contributed by atoms with van der Waals surface area (Å²) in [5, 5.41) is 0.773. The van der Waals surface area contributed by atoms with Gasteiger partial charge < -0.3 is 4.74 Å². The van der Waals surface area contributed by atoms with Gasteiger partial charge in [-0.05, 0) is 17.7 Å². The molecule has 0 aliphatic carbocycles. The minimum Gasteiger partial charge on any atom is -0.372 e. The predicted molar refractivity (Wildman–Crippen MR) is 52.9 cm³/mol. The molecule has 64 valence electrons. The van der Waals surface area contributed by atoms with Crippen molar-refractivity contribution >= 4 is 27.5 Å². The number of alkyl halides is 1. The van der Waals surface area contributed by atoms with Gasteiger partial charge in [-0.25, -0.2) is 0 Å². The second-order valence-corrected chi connectivity index (χ2v) is 4.25. The molecule has 0 radical (unpaired) electrons. The second-order valence-electron chi connectivity index (χ2n) is 2.83. The molecule has 0 N–H and O–H groups in total. The molecule has 1 aromatic rings. The highest BCUT2D eigenvalue weighted by Crippen LogP contribution is 2.35. The van der Waals surface area contributed by atoms with Crippen molar-refractivity contribution in [1.82, 2.24) is 0 Å². The van der Waals surface area contributed by atoms with Crippen LogP contribution in [0.5, 0.6) is 0 Å². The number of rotatable bonds is 2. The third kappa shape index (κ3) is 1.82. The molecule has 0 aromatic heterocycles. The zero-order valence-corrected chi connectivity index (χ0v) is 8.68. The van der Waals surface area contributed by atoms with Gasteiger partial charge in [0, 0.05) is 5.02 Å².